The quantitative estimate of drug-likeness (QED) is 0.111. The molecule has 19 aromatic carbocycles. The van der Waals surface area contributed by atoms with Gasteiger partial charge in [0.25, 0.3) is 0 Å². The summed E-state index contributed by atoms with van der Waals surface area (Å²) in [5.41, 5.74) is 26.9. The van der Waals surface area contributed by atoms with Crippen LogP contribution in [-0.4, -0.2) is 67.3 Å². The van der Waals surface area contributed by atoms with Gasteiger partial charge in [-0.3, -0.25) is 13.7 Å². The minimum atomic E-state index is 0.587. The number of hydrogen-bond acceptors (Lipinski definition) is 8. The second-order valence-corrected chi connectivity index (χ2v) is 34.6. The molecule has 9 heterocycles. The van der Waals surface area contributed by atoms with Gasteiger partial charge in [0.15, 0.2) is 23.3 Å². The highest BCUT2D eigenvalue weighted by molar-refractivity contribution is 6.22. The fraction of sp³-hybridized carbons (Fsp3) is 0. The molecule has 0 saturated heterocycles. The summed E-state index contributed by atoms with van der Waals surface area (Å²) in [5.74, 6) is 4.39. The van der Waals surface area contributed by atoms with Gasteiger partial charge in [-0.25, -0.2) is 19.9 Å². The van der Waals surface area contributed by atoms with Crippen molar-refractivity contribution in [3.63, 3.8) is 0 Å². The maximum absolute atomic E-state index is 5.21. The minimum Gasteiger partial charge on any atom is -0.309 e. The highest BCUT2D eigenvalue weighted by Gasteiger charge is 2.27. The Morgan fingerprint density at radius 3 is 0.565 bits per heavy atom. The minimum absolute atomic E-state index is 0.587. The molecular formula is C124H80N14. The van der Waals surface area contributed by atoms with E-state index in [0.29, 0.717) is 41.1 Å². The SMILES string of the molecule is c1ccc(-c2cc(-c3ccccc3)nc(-n3c4ccccc4c4cc5c(cc43)c3ccccc3n5-c3ccccc3)n2)cc1.c1ccc(-c2ccc(-n3c4ccccc4c4cc5c(cc43)c3ccccc3n5-c3nc(-c4ccccc4)nc(-c4ccccc4)n3)cc2)cc1.c1ccc(-c2nc(-c3ccccc3)nc(-n3c4ccccc4c4cc5c(cc43)c3ccccc3n5-c3ccccc3)n2)cc1. The van der Waals surface area contributed by atoms with E-state index in [1.165, 1.54) is 76.3 Å². The standard InChI is InChI=1S/C45H29N5.C40H26N4.C39H25N5/c1-4-14-30(15-5-1)31-24-26-34(27-25-31)49-39-22-12-10-20-35(39)37-29-42-38(28-41(37)49)36-21-11-13-23-40(36)50(42)45-47-43(32-16-6-2-7-17-32)46-44(48-45)33-18-8-3-9-19-33;1-4-14-27(15-5-1)34-26-35(28-16-6-2-7-17-28)42-40(41-34)44-37-23-13-11-21-31(37)33-24-38-32(25-39(33)44)30-20-10-12-22-36(30)43(38)29-18-8-3-9-19-29;1-4-14-26(15-5-1)37-40-38(27-16-6-2-7-17-27)42-39(41-37)44-34-23-13-11-21-30(34)32-24-35-31(25-36(32)44)29-20-10-12-22-33(29)43(35)28-18-8-3-9-19-28/h1-29H;1-26H;1-25H. The molecule has 0 aliphatic heterocycles. The van der Waals surface area contributed by atoms with Crippen LogP contribution < -0.4 is 0 Å². The van der Waals surface area contributed by atoms with Crippen molar-refractivity contribution in [2.75, 3.05) is 0 Å². The van der Waals surface area contributed by atoms with Crippen molar-refractivity contribution >= 4 is 131 Å². The average molecular weight is 1770 g/mol. The van der Waals surface area contributed by atoms with Crippen molar-refractivity contribution in [2.45, 2.75) is 0 Å². The van der Waals surface area contributed by atoms with E-state index in [1.54, 1.807) is 0 Å². The number of aromatic nitrogens is 14. The summed E-state index contributed by atoms with van der Waals surface area (Å²) >= 11 is 0. The third-order valence-electron chi connectivity index (χ3n) is 26.5. The summed E-state index contributed by atoms with van der Waals surface area (Å²) in [6, 6.07) is 169. The van der Waals surface area contributed by atoms with E-state index >= 15 is 0 Å². The van der Waals surface area contributed by atoms with Crippen LogP contribution in [-0.2, 0) is 0 Å². The zero-order valence-corrected chi connectivity index (χ0v) is 74.4. The Balaban J connectivity index is 0.000000107. The summed E-state index contributed by atoms with van der Waals surface area (Å²) in [6.07, 6.45) is 0. The molecule has 0 unspecified atom stereocenters. The van der Waals surface area contributed by atoms with Crippen LogP contribution in [0.15, 0.2) is 485 Å². The lowest BCUT2D eigenvalue weighted by atomic mass is 10.1. The van der Waals surface area contributed by atoms with Gasteiger partial charge in [0, 0.05) is 115 Å². The molecule has 0 fully saturated rings. The first-order valence-electron chi connectivity index (χ1n) is 46.4. The van der Waals surface area contributed by atoms with E-state index in [2.05, 4.69) is 379 Å². The fourth-order valence-electron chi connectivity index (χ4n) is 20.2. The lowest BCUT2D eigenvalue weighted by molar-refractivity contribution is 0.953. The van der Waals surface area contributed by atoms with Crippen LogP contribution in [0.3, 0.4) is 0 Å². The topological polar surface area (TPSA) is 133 Å². The molecule has 0 atom stereocenters. The zero-order chi connectivity index (χ0) is 91.1. The predicted molar refractivity (Wildman–Crippen MR) is 566 cm³/mol. The molecular weight excluding hydrogens is 1690 g/mol. The molecule has 0 N–H and O–H groups in total. The summed E-state index contributed by atoms with van der Waals surface area (Å²) in [6.45, 7) is 0. The van der Waals surface area contributed by atoms with E-state index in [9.17, 15) is 0 Å². The molecule has 28 aromatic rings. The molecule has 9 aromatic heterocycles. The van der Waals surface area contributed by atoms with E-state index in [1.807, 2.05) is 133 Å². The van der Waals surface area contributed by atoms with Gasteiger partial charge < -0.3 is 13.7 Å². The molecule has 138 heavy (non-hydrogen) atoms. The Labute approximate surface area is 792 Å². The first kappa shape index (κ1) is 80.0. The maximum Gasteiger partial charge on any atom is 0.238 e. The highest BCUT2D eigenvalue weighted by Crippen LogP contribution is 2.46. The van der Waals surface area contributed by atoms with Crippen LogP contribution in [0.4, 0.5) is 0 Å². The third kappa shape index (κ3) is 13.9. The van der Waals surface area contributed by atoms with Crippen molar-refractivity contribution in [1.82, 2.24) is 67.3 Å². The first-order valence-corrected chi connectivity index (χ1v) is 46.4. The van der Waals surface area contributed by atoms with E-state index < -0.39 is 0 Å². The Morgan fingerprint density at radius 2 is 0.304 bits per heavy atom. The van der Waals surface area contributed by atoms with Crippen LogP contribution in [0.5, 0.6) is 0 Å². The van der Waals surface area contributed by atoms with Crippen LogP contribution in [0.1, 0.15) is 0 Å². The lowest BCUT2D eigenvalue weighted by Crippen LogP contribution is -2.06. The summed E-state index contributed by atoms with van der Waals surface area (Å²) in [7, 11) is 0. The Morgan fingerprint density at radius 1 is 0.116 bits per heavy atom. The Hall–Kier alpha value is -18.9. The Kier molecular flexibility index (Phi) is 19.5. The molecule has 0 aliphatic carbocycles. The average Bonchev–Trinajstić information content (AvgIpc) is 1.56. The van der Waals surface area contributed by atoms with Crippen LogP contribution in [0, 0.1) is 0 Å². The van der Waals surface area contributed by atoms with Gasteiger partial charge in [-0.05, 0) is 126 Å². The van der Waals surface area contributed by atoms with E-state index in [-0.39, 0.29) is 0 Å². The van der Waals surface area contributed by atoms with Crippen LogP contribution in [0.25, 0.3) is 245 Å². The second-order valence-electron chi connectivity index (χ2n) is 34.6. The van der Waals surface area contributed by atoms with Crippen molar-refractivity contribution in [2.24, 2.45) is 0 Å². The van der Waals surface area contributed by atoms with Gasteiger partial charge in [-0.15, -0.1) is 0 Å². The summed E-state index contributed by atoms with van der Waals surface area (Å²) in [4.78, 5) is 40.8. The number of fused-ring (bicyclic) bond motifs is 18. The zero-order valence-electron chi connectivity index (χ0n) is 74.4. The largest absolute Gasteiger partial charge is 0.309 e. The molecule has 646 valence electrons. The lowest BCUT2D eigenvalue weighted by Gasteiger charge is -2.12. The first-order chi connectivity index (χ1) is 68.5. The molecule has 0 aliphatic rings. The monoisotopic (exact) mass is 1760 g/mol. The highest BCUT2D eigenvalue weighted by atomic mass is 15.2. The van der Waals surface area contributed by atoms with E-state index in [4.69, 9.17) is 39.9 Å². The van der Waals surface area contributed by atoms with Gasteiger partial charge in [0.05, 0.1) is 77.6 Å². The predicted octanol–water partition coefficient (Wildman–Crippen LogP) is 30.5. The molecule has 0 radical (unpaired) electrons. The van der Waals surface area contributed by atoms with Crippen molar-refractivity contribution in [3.05, 3.63) is 485 Å². The molecule has 28 rings (SSSR count). The third-order valence-corrected chi connectivity index (χ3v) is 26.5. The molecule has 0 bridgehead atoms. The summed E-state index contributed by atoms with van der Waals surface area (Å²) < 4.78 is 13.7. The molecule has 0 spiro atoms. The number of hydrogen-bond donors (Lipinski definition) is 0. The number of benzene rings is 19. The van der Waals surface area contributed by atoms with Gasteiger partial charge in [-0.1, -0.05) is 370 Å². The van der Waals surface area contributed by atoms with Crippen LogP contribution >= 0.6 is 0 Å². The fourth-order valence-corrected chi connectivity index (χ4v) is 20.2. The number of rotatable bonds is 13. The van der Waals surface area contributed by atoms with Gasteiger partial charge >= 0.3 is 0 Å². The van der Waals surface area contributed by atoms with E-state index in [0.717, 1.165) is 128 Å². The van der Waals surface area contributed by atoms with Crippen molar-refractivity contribution in [3.8, 4) is 114 Å². The number of nitrogens with zero attached hydrogens (tertiary/aromatic N) is 14. The normalized spacial score (nSPS) is 11.6. The van der Waals surface area contributed by atoms with Crippen molar-refractivity contribution < 1.29 is 0 Å². The van der Waals surface area contributed by atoms with Crippen molar-refractivity contribution in [1.29, 1.82) is 0 Å². The van der Waals surface area contributed by atoms with Gasteiger partial charge in [-0.2, -0.15) is 19.9 Å². The molecule has 0 amide bonds. The molecule has 14 nitrogen and oxygen atoms in total. The summed E-state index contributed by atoms with van der Waals surface area (Å²) in [5, 5.41) is 14.1. The smallest absolute Gasteiger partial charge is 0.238 e. The molecule has 0 saturated carbocycles. The molecule has 14 heteroatoms. The van der Waals surface area contributed by atoms with Gasteiger partial charge in [0.2, 0.25) is 17.8 Å². The van der Waals surface area contributed by atoms with Gasteiger partial charge in [0.1, 0.15) is 0 Å². The number of para-hydroxylation sites is 8. The van der Waals surface area contributed by atoms with Crippen LogP contribution in [0.2, 0.25) is 0 Å². The maximum atomic E-state index is 5.21. The second kappa shape index (κ2) is 33.7. The Bertz CT molecular complexity index is 9010.